The number of sulfone groups is 1. The lowest BCUT2D eigenvalue weighted by Crippen LogP contribution is -2.38. The molecule has 1 fully saturated rings. The second-order valence-corrected chi connectivity index (χ2v) is 6.34. The van der Waals surface area contributed by atoms with E-state index in [0.29, 0.717) is 6.54 Å². The van der Waals surface area contributed by atoms with Crippen LogP contribution >= 0.6 is 11.3 Å². The average Bonchev–Trinajstić information content (AvgIpc) is 2.53. The Bertz CT molecular complexity index is 369. The van der Waals surface area contributed by atoms with Gasteiger partial charge in [0, 0.05) is 11.4 Å². The number of rotatable bonds is 1. The van der Waals surface area contributed by atoms with Crippen molar-refractivity contribution in [3.8, 4) is 0 Å². The van der Waals surface area contributed by atoms with Gasteiger partial charge in [0.05, 0.1) is 17.5 Å². The van der Waals surface area contributed by atoms with Crippen molar-refractivity contribution in [3.05, 3.63) is 22.4 Å². The van der Waals surface area contributed by atoms with E-state index in [1.54, 1.807) is 11.3 Å². The lowest BCUT2D eigenvalue weighted by Gasteiger charge is -2.22. The van der Waals surface area contributed by atoms with Crippen LogP contribution in [0.5, 0.6) is 0 Å². The Morgan fingerprint density at radius 1 is 1.54 bits per heavy atom. The molecule has 0 amide bonds. The summed E-state index contributed by atoms with van der Waals surface area (Å²) in [5.74, 6) is 0.516. The molecule has 1 saturated heterocycles. The predicted octanol–water partition coefficient (Wildman–Crippen LogP) is 0.807. The predicted molar refractivity (Wildman–Crippen MR) is 53.7 cm³/mol. The molecule has 0 spiro atoms. The summed E-state index contributed by atoms with van der Waals surface area (Å²) in [5, 5.41) is 5.18. The summed E-state index contributed by atoms with van der Waals surface area (Å²) in [4.78, 5) is 1.11. The standard InChI is InChI=1S/C8H11NO2S2/c10-13(11)5-3-9-7(6-13)8-2-1-4-12-8/h1-2,4,7,9H,3,5-6H2. The van der Waals surface area contributed by atoms with Crippen LogP contribution < -0.4 is 5.32 Å². The second-order valence-electron chi connectivity index (χ2n) is 3.14. The Labute approximate surface area is 81.7 Å². The van der Waals surface area contributed by atoms with E-state index in [-0.39, 0.29) is 17.5 Å². The van der Waals surface area contributed by atoms with Gasteiger partial charge >= 0.3 is 0 Å². The highest BCUT2D eigenvalue weighted by Gasteiger charge is 2.25. The summed E-state index contributed by atoms with van der Waals surface area (Å²) in [6, 6.07) is 3.94. The minimum atomic E-state index is -2.81. The fourth-order valence-electron chi connectivity index (χ4n) is 1.46. The molecule has 13 heavy (non-hydrogen) atoms. The van der Waals surface area contributed by atoms with Crippen LogP contribution in [0.4, 0.5) is 0 Å². The van der Waals surface area contributed by atoms with Crippen molar-refractivity contribution in [2.45, 2.75) is 6.04 Å². The molecule has 2 rings (SSSR count). The van der Waals surface area contributed by atoms with Gasteiger partial charge in [-0.3, -0.25) is 0 Å². The highest BCUT2D eigenvalue weighted by molar-refractivity contribution is 7.91. The molecule has 0 saturated carbocycles. The van der Waals surface area contributed by atoms with Crippen molar-refractivity contribution in [1.29, 1.82) is 0 Å². The van der Waals surface area contributed by atoms with E-state index in [1.807, 2.05) is 17.5 Å². The molecular formula is C8H11NO2S2. The third-order valence-electron chi connectivity index (χ3n) is 2.11. The summed E-state index contributed by atoms with van der Waals surface area (Å²) < 4.78 is 22.6. The number of thiophene rings is 1. The molecule has 1 N–H and O–H groups in total. The Morgan fingerprint density at radius 3 is 3.00 bits per heavy atom. The van der Waals surface area contributed by atoms with Gasteiger partial charge in [0.15, 0.2) is 9.84 Å². The van der Waals surface area contributed by atoms with Gasteiger partial charge in [0.25, 0.3) is 0 Å². The van der Waals surface area contributed by atoms with Crippen LogP contribution in [-0.2, 0) is 9.84 Å². The van der Waals surface area contributed by atoms with Crippen molar-refractivity contribution in [3.63, 3.8) is 0 Å². The van der Waals surface area contributed by atoms with Crippen molar-refractivity contribution in [1.82, 2.24) is 5.32 Å². The van der Waals surface area contributed by atoms with Crippen LogP contribution in [0.1, 0.15) is 10.9 Å². The molecule has 1 atom stereocenters. The minimum absolute atomic E-state index is 0.0127. The number of hydrogen-bond acceptors (Lipinski definition) is 4. The van der Waals surface area contributed by atoms with E-state index < -0.39 is 9.84 Å². The first-order valence-corrected chi connectivity index (χ1v) is 6.85. The highest BCUT2D eigenvalue weighted by atomic mass is 32.2. The molecule has 1 aliphatic heterocycles. The van der Waals surface area contributed by atoms with E-state index in [4.69, 9.17) is 0 Å². The lowest BCUT2D eigenvalue weighted by molar-refractivity contribution is 0.535. The van der Waals surface area contributed by atoms with Crippen molar-refractivity contribution >= 4 is 21.2 Å². The Morgan fingerprint density at radius 2 is 2.38 bits per heavy atom. The maximum absolute atomic E-state index is 11.3. The van der Waals surface area contributed by atoms with Gasteiger partial charge < -0.3 is 5.32 Å². The zero-order valence-electron chi connectivity index (χ0n) is 7.06. The molecule has 3 nitrogen and oxygen atoms in total. The van der Waals surface area contributed by atoms with E-state index in [0.717, 1.165) is 4.88 Å². The highest BCUT2D eigenvalue weighted by Crippen LogP contribution is 2.22. The second kappa shape index (κ2) is 3.40. The Hall–Kier alpha value is -0.390. The smallest absolute Gasteiger partial charge is 0.153 e. The minimum Gasteiger partial charge on any atom is -0.307 e. The fourth-order valence-corrected chi connectivity index (χ4v) is 3.77. The molecule has 1 aromatic rings. The van der Waals surface area contributed by atoms with Gasteiger partial charge in [-0.2, -0.15) is 0 Å². The molecule has 72 valence electrons. The molecule has 0 aromatic carbocycles. The van der Waals surface area contributed by atoms with Crippen LogP contribution in [0.2, 0.25) is 0 Å². The van der Waals surface area contributed by atoms with Gasteiger partial charge in [-0.05, 0) is 11.4 Å². The van der Waals surface area contributed by atoms with Crippen molar-refractivity contribution in [2.75, 3.05) is 18.1 Å². The average molecular weight is 217 g/mol. The largest absolute Gasteiger partial charge is 0.307 e. The van der Waals surface area contributed by atoms with Crippen LogP contribution in [0.15, 0.2) is 17.5 Å². The number of hydrogen-bond donors (Lipinski definition) is 1. The van der Waals surface area contributed by atoms with Crippen LogP contribution in [0.25, 0.3) is 0 Å². The van der Waals surface area contributed by atoms with Gasteiger partial charge in [0.2, 0.25) is 0 Å². The summed E-state index contributed by atoms with van der Waals surface area (Å²) >= 11 is 1.60. The zero-order valence-corrected chi connectivity index (χ0v) is 8.70. The van der Waals surface area contributed by atoms with Crippen LogP contribution in [-0.4, -0.2) is 26.5 Å². The first-order valence-electron chi connectivity index (χ1n) is 4.15. The molecule has 0 bridgehead atoms. The molecule has 1 aliphatic rings. The normalized spacial score (nSPS) is 27.2. The SMILES string of the molecule is O=S1(=O)CCNC(c2cccs2)C1. The molecule has 1 aromatic heterocycles. The van der Waals surface area contributed by atoms with Gasteiger partial charge in [-0.1, -0.05) is 6.07 Å². The molecule has 0 radical (unpaired) electrons. The number of nitrogens with one attached hydrogen (secondary N) is 1. The van der Waals surface area contributed by atoms with E-state index >= 15 is 0 Å². The lowest BCUT2D eigenvalue weighted by atomic mass is 10.3. The maximum atomic E-state index is 11.3. The van der Waals surface area contributed by atoms with Crippen LogP contribution in [0.3, 0.4) is 0 Å². The third-order valence-corrected chi connectivity index (χ3v) is 4.76. The van der Waals surface area contributed by atoms with Crippen molar-refractivity contribution < 1.29 is 8.42 Å². The molecule has 2 heterocycles. The van der Waals surface area contributed by atoms with E-state index in [9.17, 15) is 8.42 Å². The summed E-state index contributed by atoms with van der Waals surface area (Å²) in [6.45, 7) is 0.574. The Kier molecular flexibility index (Phi) is 2.40. The van der Waals surface area contributed by atoms with Crippen LogP contribution in [0, 0.1) is 0 Å². The van der Waals surface area contributed by atoms with E-state index in [2.05, 4.69) is 5.32 Å². The van der Waals surface area contributed by atoms with Gasteiger partial charge in [-0.15, -0.1) is 11.3 Å². The quantitative estimate of drug-likeness (QED) is 0.757. The third kappa shape index (κ3) is 2.10. The fraction of sp³-hybridized carbons (Fsp3) is 0.500. The molecular weight excluding hydrogens is 206 g/mol. The van der Waals surface area contributed by atoms with E-state index in [1.165, 1.54) is 0 Å². The Balaban J connectivity index is 2.18. The van der Waals surface area contributed by atoms with Gasteiger partial charge in [0.1, 0.15) is 0 Å². The summed E-state index contributed by atoms with van der Waals surface area (Å²) in [5.41, 5.74) is 0. The monoisotopic (exact) mass is 217 g/mol. The van der Waals surface area contributed by atoms with Gasteiger partial charge in [-0.25, -0.2) is 8.42 Å². The molecule has 5 heteroatoms. The zero-order chi connectivity index (χ0) is 9.31. The first-order chi connectivity index (χ1) is 6.17. The van der Waals surface area contributed by atoms with Crippen molar-refractivity contribution in [2.24, 2.45) is 0 Å². The topological polar surface area (TPSA) is 46.2 Å². The molecule has 1 unspecified atom stereocenters. The molecule has 0 aliphatic carbocycles. The first kappa shape index (κ1) is 9.18. The maximum Gasteiger partial charge on any atom is 0.153 e. The summed E-state index contributed by atoms with van der Waals surface area (Å²) in [6.07, 6.45) is 0. The summed E-state index contributed by atoms with van der Waals surface area (Å²) in [7, 11) is -2.81.